The molecule has 0 spiro atoms. The number of methoxy groups -OCH3 is 1. The van der Waals surface area contributed by atoms with Crippen molar-refractivity contribution in [2.24, 2.45) is 0 Å². The molecule has 0 atom stereocenters. The first-order valence-electron chi connectivity index (χ1n) is 7.86. The molecule has 140 valence electrons. The predicted octanol–water partition coefficient (Wildman–Crippen LogP) is 2.79. The minimum atomic E-state index is -0.341. The van der Waals surface area contributed by atoms with E-state index in [4.69, 9.17) is 32.7 Å². The summed E-state index contributed by atoms with van der Waals surface area (Å²) in [5.74, 6) is 0.632. The standard InChI is InChI=1S/C17H15Cl2N5O3/c1-26-16-9-15(24-10-21-22-23-24)14(19)8-13(16)17(25)20-5-6-27-12-4-2-3-11(18)7-12/h2-4,7-10H,5-6H2,1H3,(H,20,25). The number of rotatable bonds is 7. The summed E-state index contributed by atoms with van der Waals surface area (Å²) in [4.78, 5) is 12.5. The van der Waals surface area contributed by atoms with Crippen LogP contribution in [0.3, 0.4) is 0 Å². The Hall–Kier alpha value is -2.84. The van der Waals surface area contributed by atoms with Gasteiger partial charge in [-0.25, -0.2) is 0 Å². The lowest BCUT2D eigenvalue weighted by molar-refractivity contribution is 0.0944. The molecule has 1 amide bonds. The Balaban J connectivity index is 1.64. The van der Waals surface area contributed by atoms with Crippen LogP contribution in [0.1, 0.15) is 10.4 Å². The minimum Gasteiger partial charge on any atom is -0.496 e. The highest BCUT2D eigenvalue weighted by atomic mass is 35.5. The van der Waals surface area contributed by atoms with Crippen molar-refractivity contribution in [2.45, 2.75) is 0 Å². The summed E-state index contributed by atoms with van der Waals surface area (Å²) in [5, 5.41) is 14.6. The molecule has 1 heterocycles. The molecule has 1 aromatic heterocycles. The van der Waals surface area contributed by atoms with E-state index in [9.17, 15) is 4.79 Å². The second kappa shape index (κ2) is 8.70. The number of amides is 1. The molecule has 0 fully saturated rings. The Labute approximate surface area is 165 Å². The first-order valence-corrected chi connectivity index (χ1v) is 8.61. The highest BCUT2D eigenvalue weighted by molar-refractivity contribution is 6.33. The molecule has 0 saturated heterocycles. The fourth-order valence-electron chi connectivity index (χ4n) is 2.32. The summed E-state index contributed by atoms with van der Waals surface area (Å²) >= 11 is 12.2. The molecule has 0 unspecified atom stereocenters. The van der Waals surface area contributed by atoms with Crippen LogP contribution in [0.25, 0.3) is 5.69 Å². The van der Waals surface area contributed by atoms with E-state index >= 15 is 0 Å². The van der Waals surface area contributed by atoms with E-state index in [1.807, 2.05) is 0 Å². The summed E-state index contributed by atoms with van der Waals surface area (Å²) < 4.78 is 12.2. The maximum atomic E-state index is 12.5. The maximum Gasteiger partial charge on any atom is 0.255 e. The molecule has 0 radical (unpaired) electrons. The molecule has 1 N–H and O–H groups in total. The fraction of sp³-hybridized carbons (Fsp3) is 0.176. The van der Waals surface area contributed by atoms with Crippen LogP contribution in [0.15, 0.2) is 42.7 Å². The Kier molecular flexibility index (Phi) is 6.10. The van der Waals surface area contributed by atoms with E-state index < -0.39 is 0 Å². The SMILES string of the molecule is COc1cc(-n2cnnn2)c(Cl)cc1C(=O)NCCOc1cccc(Cl)c1. The molecular weight excluding hydrogens is 393 g/mol. The number of carbonyl (C=O) groups is 1. The third-order valence-corrected chi connectivity index (χ3v) is 4.10. The summed E-state index contributed by atoms with van der Waals surface area (Å²) in [5.41, 5.74) is 0.793. The summed E-state index contributed by atoms with van der Waals surface area (Å²) in [6.07, 6.45) is 1.40. The van der Waals surface area contributed by atoms with Gasteiger partial charge in [0.1, 0.15) is 24.4 Å². The van der Waals surface area contributed by atoms with E-state index in [1.54, 1.807) is 30.3 Å². The van der Waals surface area contributed by atoms with Crippen LogP contribution in [-0.2, 0) is 0 Å². The Morgan fingerprint density at radius 3 is 2.81 bits per heavy atom. The van der Waals surface area contributed by atoms with Gasteiger partial charge in [0, 0.05) is 11.1 Å². The van der Waals surface area contributed by atoms with Crippen LogP contribution in [-0.4, -0.2) is 46.4 Å². The second-order valence-electron chi connectivity index (χ2n) is 5.32. The van der Waals surface area contributed by atoms with Crippen molar-refractivity contribution in [3.8, 4) is 17.2 Å². The van der Waals surface area contributed by atoms with Gasteiger partial charge in [-0.05, 0) is 34.7 Å². The minimum absolute atomic E-state index is 0.283. The predicted molar refractivity (Wildman–Crippen MR) is 100.0 cm³/mol. The van der Waals surface area contributed by atoms with Crippen LogP contribution >= 0.6 is 23.2 Å². The number of nitrogens with one attached hydrogen (secondary N) is 1. The summed E-state index contributed by atoms with van der Waals surface area (Å²) in [6, 6.07) is 10.1. The van der Waals surface area contributed by atoms with Crippen LogP contribution in [0.4, 0.5) is 0 Å². The van der Waals surface area contributed by atoms with Gasteiger partial charge >= 0.3 is 0 Å². The van der Waals surface area contributed by atoms with Crippen molar-refractivity contribution in [3.63, 3.8) is 0 Å². The zero-order chi connectivity index (χ0) is 19.2. The zero-order valence-electron chi connectivity index (χ0n) is 14.2. The van der Waals surface area contributed by atoms with E-state index in [2.05, 4.69) is 20.8 Å². The molecule has 0 aliphatic rings. The van der Waals surface area contributed by atoms with Gasteiger partial charge in [0.25, 0.3) is 5.91 Å². The number of aromatic nitrogens is 4. The van der Waals surface area contributed by atoms with Crippen molar-refractivity contribution in [3.05, 3.63) is 58.3 Å². The van der Waals surface area contributed by atoms with E-state index in [0.717, 1.165) is 0 Å². The lowest BCUT2D eigenvalue weighted by Crippen LogP contribution is -2.28. The number of tetrazole rings is 1. The van der Waals surface area contributed by atoms with Gasteiger partial charge in [0.2, 0.25) is 0 Å². The van der Waals surface area contributed by atoms with E-state index in [-0.39, 0.29) is 12.5 Å². The quantitative estimate of drug-likeness (QED) is 0.605. The highest BCUT2D eigenvalue weighted by Crippen LogP contribution is 2.29. The summed E-state index contributed by atoms with van der Waals surface area (Å²) in [6.45, 7) is 0.575. The number of carbonyl (C=O) groups excluding carboxylic acids is 1. The topological polar surface area (TPSA) is 91.2 Å². The van der Waals surface area contributed by atoms with Crippen molar-refractivity contribution >= 4 is 29.1 Å². The van der Waals surface area contributed by atoms with Gasteiger partial charge in [-0.3, -0.25) is 4.79 Å². The molecule has 2 aromatic carbocycles. The lowest BCUT2D eigenvalue weighted by atomic mass is 10.1. The zero-order valence-corrected chi connectivity index (χ0v) is 15.7. The van der Waals surface area contributed by atoms with Crippen LogP contribution in [0.2, 0.25) is 10.0 Å². The third-order valence-electron chi connectivity index (χ3n) is 3.56. The van der Waals surface area contributed by atoms with E-state index in [0.29, 0.717) is 39.3 Å². The average molecular weight is 408 g/mol. The Morgan fingerprint density at radius 2 is 2.11 bits per heavy atom. The van der Waals surface area contributed by atoms with Crippen molar-refractivity contribution in [2.75, 3.05) is 20.3 Å². The average Bonchev–Trinajstić information content (AvgIpc) is 3.19. The number of benzene rings is 2. The number of nitrogens with zero attached hydrogens (tertiary/aromatic N) is 4. The molecule has 0 aliphatic heterocycles. The Morgan fingerprint density at radius 1 is 1.26 bits per heavy atom. The molecule has 8 nitrogen and oxygen atoms in total. The first-order chi connectivity index (χ1) is 13.1. The van der Waals surface area contributed by atoms with Crippen LogP contribution in [0, 0.1) is 0 Å². The van der Waals surface area contributed by atoms with Crippen LogP contribution in [0.5, 0.6) is 11.5 Å². The fourth-order valence-corrected chi connectivity index (χ4v) is 2.75. The van der Waals surface area contributed by atoms with Gasteiger partial charge < -0.3 is 14.8 Å². The number of hydrogen-bond acceptors (Lipinski definition) is 6. The Bertz CT molecular complexity index is 934. The van der Waals surface area contributed by atoms with Gasteiger partial charge in [0.05, 0.1) is 29.9 Å². The molecule has 3 rings (SSSR count). The number of ether oxygens (including phenoxy) is 2. The maximum absolute atomic E-state index is 12.5. The first kappa shape index (κ1) is 18.9. The third kappa shape index (κ3) is 4.66. The molecule has 10 heteroatoms. The molecular formula is C17H15Cl2N5O3. The molecule has 3 aromatic rings. The van der Waals surface area contributed by atoms with Gasteiger partial charge in [-0.1, -0.05) is 29.3 Å². The normalized spacial score (nSPS) is 10.5. The molecule has 0 aliphatic carbocycles. The van der Waals surface area contributed by atoms with Gasteiger partial charge in [0.15, 0.2) is 0 Å². The highest BCUT2D eigenvalue weighted by Gasteiger charge is 2.17. The molecule has 0 saturated carbocycles. The monoisotopic (exact) mass is 407 g/mol. The van der Waals surface area contributed by atoms with Crippen LogP contribution < -0.4 is 14.8 Å². The number of halogens is 2. The smallest absolute Gasteiger partial charge is 0.255 e. The van der Waals surface area contributed by atoms with Crippen molar-refractivity contribution in [1.82, 2.24) is 25.5 Å². The van der Waals surface area contributed by atoms with Crippen molar-refractivity contribution in [1.29, 1.82) is 0 Å². The number of hydrogen-bond donors (Lipinski definition) is 1. The largest absolute Gasteiger partial charge is 0.496 e. The summed E-state index contributed by atoms with van der Waals surface area (Å²) in [7, 11) is 1.46. The lowest BCUT2D eigenvalue weighted by Gasteiger charge is -2.13. The van der Waals surface area contributed by atoms with Gasteiger partial charge in [-0.15, -0.1) is 5.10 Å². The molecule has 27 heavy (non-hydrogen) atoms. The van der Waals surface area contributed by atoms with Gasteiger partial charge in [-0.2, -0.15) is 4.68 Å². The van der Waals surface area contributed by atoms with E-state index in [1.165, 1.54) is 24.2 Å². The second-order valence-corrected chi connectivity index (χ2v) is 6.16. The van der Waals surface area contributed by atoms with Crippen molar-refractivity contribution < 1.29 is 14.3 Å². The molecule has 0 bridgehead atoms.